The molecule has 11 heteroatoms. The lowest BCUT2D eigenvalue weighted by Crippen LogP contribution is -2.27. The van der Waals surface area contributed by atoms with Gasteiger partial charge in [-0.05, 0) is 56.9 Å². The fourth-order valence-electron chi connectivity index (χ4n) is 4.86. The first kappa shape index (κ1) is 25.1. The Morgan fingerprint density at radius 3 is 2.68 bits per heavy atom. The van der Waals surface area contributed by atoms with Crippen molar-refractivity contribution in [3.05, 3.63) is 60.3 Å². The molecule has 1 fully saturated rings. The molecule has 3 aromatic heterocycles. The number of halogens is 3. The zero-order valence-corrected chi connectivity index (χ0v) is 20.6. The van der Waals surface area contributed by atoms with Gasteiger partial charge in [0, 0.05) is 49.2 Å². The summed E-state index contributed by atoms with van der Waals surface area (Å²) in [5.74, 6) is 0.509. The van der Waals surface area contributed by atoms with Crippen LogP contribution in [0.4, 0.5) is 19.0 Å². The topological polar surface area (TPSA) is 88.3 Å². The Kier molecular flexibility index (Phi) is 6.80. The number of pyridine rings is 2. The maximum Gasteiger partial charge on any atom is 0.437 e. The molecule has 0 saturated heterocycles. The third kappa shape index (κ3) is 5.13. The number of fused-ring (bicyclic) bond motifs is 1. The molecular formula is C26H29F3N6O2. The monoisotopic (exact) mass is 514 g/mol. The number of rotatable bonds is 6. The lowest BCUT2D eigenvalue weighted by Gasteiger charge is -2.30. The number of nitrogens with zero attached hydrogens (tertiary/aromatic N) is 5. The molecule has 37 heavy (non-hydrogen) atoms. The van der Waals surface area contributed by atoms with Gasteiger partial charge in [-0.15, -0.1) is 0 Å². The molecule has 4 heterocycles. The summed E-state index contributed by atoms with van der Waals surface area (Å²) in [6, 6.07) is 4.79. The van der Waals surface area contributed by atoms with Crippen LogP contribution in [-0.4, -0.2) is 55.7 Å². The zero-order valence-electron chi connectivity index (χ0n) is 20.6. The van der Waals surface area contributed by atoms with Crippen molar-refractivity contribution in [1.29, 1.82) is 0 Å². The van der Waals surface area contributed by atoms with Crippen molar-refractivity contribution in [3.63, 3.8) is 0 Å². The van der Waals surface area contributed by atoms with Gasteiger partial charge in [-0.25, -0.2) is 9.97 Å². The number of hydrogen-bond donors (Lipinski definition) is 2. The molecule has 1 aliphatic heterocycles. The van der Waals surface area contributed by atoms with Crippen molar-refractivity contribution < 1.29 is 23.0 Å². The standard InChI is InChI=1S/C26H29F3N6O2/c1-3-30-22-14-20-19(15-32-22)24(16-10-12-34(2)23(36)13-16)33-35(20)17-6-8-18(9-7-17)37-21-5-4-11-31-25(21)26(27,28)29/h4-5,10-15,17-18,23,36H,3,6-9H2,1-2H3,(H,30,32)/t17-,18+,23?. The fourth-order valence-corrected chi connectivity index (χ4v) is 4.86. The van der Waals surface area contributed by atoms with Gasteiger partial charge in [0.05, 0.1) is 17.7 Å². The summed E-state index contributed by atoms with van der Waals surface area (Å²) in [5, 5.41) is 19.4. The van der Waals surface area contributed by atoms with Crippen LogP contribution in [0, 0.1) is 0 Å². The Labute approximate surface area is 212 Å². The Bertz CT molecular complexity index is 1330. The predicted octanol–water partition coefficient (Wildman–Crippen LogP) is 5.00. The molecule has 8 nitrogen and oxygen atoms in total. The van der Waals surface area contributed by atoms with Gasteiger partial charge in [-0.2, -0.15) is 18.3 Å². The minimum absolute atomic E-state index is 0.0460. The second-order valence-electron chi connectivity index (χ2n) is 9.32. The van der Waals surface area contributed by atoms with Crippen LogP contribution in [0.3, 0.4) is 0 Å². The normalized spacial score (nSPS) is 22.3. The lowest BCUT2D eigenvalue weighted by molar-refractivity contribution is -0.143. The molecule has 0 amide bonds. The molecule has 0 bridgehead atoms. The highest BCUT2D eigenvalue weighted by molar-refractivity contribution is 5.94. The molecule has 1 unspecified atom stereocenters. The molecule has 3 aromatic rings. The van der Waals surface area contributed by atoms with E-state index in [2.05, 4.69) is 15.3 Å². The third-order valence-electron chi connectivity index (χ3n) is 6.78. The van der Waals surface area contributed by atoms with Gasteiger partial charge in [0.2, 0.25) is 0 Å². The van der Waals surface area contributed by atoms with Crippen molar-refractivity contribution >= 4 is 22.3 Å². The van der Waals surface area contributed by atoms with Gasteiger partial charge in [0.1, 0.15) is 17.7 Å². The molecule has 1 saturated carbocycles. The Morgan fingerprint density at radius 1 is 1.19 bits per heavy atom. The van der Waals surface area contributed by atoms with Crippen molar-refractivity contribution in [3.8, 4) is 5.75 Å². The van der Waals surface area contributed by atoms with Gasteiger partial charge in [-0.3, -0.25) is 4.68 Å². The maximum atomic E-state index is 13.3. The highest BCUT2D eigenvalue weighted by Gasteiger charge is 2.37. The van der Waals surface area contributed by atoms with Crippen LogP contribution in [0.2, 0.25) is 0 Å². The Morgan fingerprint density at radius 2 is 1.97 bits per heavy atom. The largest absolute Gasteiger partial charge is 0.488 e. The van der Waals surface area contributed by atoms with Crippen molar-refractivity contribution in [2.24, 2.45) is 0 Å². The summed E-state index contributed by atoms with van der Waals surface area (Å²) in [5.41, 5.74) is 1.46. The average Bonchev–Trinajstić information content (AvgIpc) is 3.25. The van der Waals surface area contributed by atoms with E-state index in [1.165, 1.54) is 12.1 Å². The average molecular weight is 515 g/mol. The fraction of sp³-hybridized carbons (Fsp3) is 0.423. The summed E-state index contributed by atoms with van der Waals surface area (Å²) in [7, 11) is 1.79. The van der Waals surface area contributed by atoms with Crippen LogP contribution in [-0.2, 0) is 6.18 Å². The highest BCUT2D eigenvalue weighted by Crippen LogP contribution is 2.39. The number of anilines is 1. The number of alkyl halides is 3. The molecular weight excluding hydrogens is 485 g/mol. The van der Waals surface area contributed by atoms with Gasteiger partial charge in [-0.1, -0.05) is 0 Å². The molecule has 1 atom stereocenters. The van der Waals surface area contributed by atoms with Crippen LogP contribution >= 0.6 is 0 Å². The van der Waals surface area contributed by atoms with E-state index < -0.39 is 18.1 Å². The molecule has 5 rings (SSSR count). The minimum Gasteiger partial charge on any atom is -0.488 e. The summed E-state index contributed by atoms with van der Waals surface area (Å²) < 4.78 is 47.8. The number of aliphatic hydroxyl groups excluding tert-OH is 1. The van der Waals surface area contributed by atoms with E-state index in [-0.39, 0.29) is 17.9 Å². The number of ether oxygens (including phenoxy) is 1. The van der Waals surface area contributed by atoms with E-state index in [0.29, 0.717) is 25.7 Å². The first-order chi connectivity index (χ1) is 17.7. The van der Waals surface area contributed by atoms with Crippen molar-refractivity contribution in [1.82, 2.24) is 24.6 Å². The highest BCUT2D eigenvalue weighted by atomic mass is 19.4. The number of allylic oxidation sites excluding steroid dienone is 2. The van der Waals surface area contributed by atoms with Crippen LogP contribution in [0.5, 0.6) is 5.75 Å². The van der Waals surface area contributed by atoms with E-state index in [0.717, 1.165) is 40.7 Å². The van der Waals surface area contributed by atoms with Crippen molar-refractivity contribution in [2.75, 3.05) is 18.9 Å². The van der Waals surface area contributed by atoms with Crippen LogP contribution in [0.15, 0.2) is 48.9 Å². The first-order valence-corrected chi connectivity index (χ1v) is 12.4. The number of nitrogens with one attached hydrogen (secondary N) is 1. The molecule has 0 aromatic carbocycles. The predicted molar refractivity (Wildman–Crippen MR) is 134 cm³/mol. The third-order valence-corrected chi connectivity index (χ3v) is 6.78. The number of aromatic nitrogens is 4. The molecule has 0 radical (unpaired) electrons. The molecule has 1 aliphatic carbocycles. The van der Waals surface area contributed by atoms with E-state index in [9.17, 15) is 18.3 Å². The van der Waals surface area contributed by atoms with Crippen molar-refractivity contribution in [2.45, 2.75) is 57.2 Å². The summed E-state index contributed by atoms with van der Waals surface area (Å²) in [6.07, 6.45) is 5.29. The number of likely N-dealkylation sites (N-methyl/N-ethyl adjacent to an activating group) is 1. The molecule has 2 aliphatic rings. The van der Waals surface area contributed by atoms with Gasteiger partial charge in [0.25, 0.3) is 0 Å². The maximum absolute atomic E-state index is 13.3. The van der Waals surface area contributed by atoms with Gasteiger partial charge < -0.3 is 20.1 Å². The zero-order chi connectivity index (χ0) is 26.2. The van der Waals surface area contributed by atoms with Crippen LogP contribution in [0.1, 0.15) is 50.0 Å². The van der Waals surface area contributed by atoms with Crippen LogP contribution < -0.4 is 10.1 Å². The summed E-state index contributed by atoms with van der Waals surface area (Å²) in [6.45, 7) is 2.72. The summed E-state index contributed by atoms with van der Waals surface area (Å²) in [4.78, 5) is 9.70. The summed E-state index contributed by atoms with van der Waals surface area (Å²) >= 11 is 0. The van der Waals surface area contributed by atoms with E-state index >= 15 is 0 Å². The molecule has 2 N–H and O–H groups in total. The second-order valence-corrected chi connectivity index (χ2v) is 9.32. The molecule has 0 spiro atoms. The van der Waals surface area contributed by atoms with Gasteiger partial charge in [0.15, 0.2) is 11.4 Å². The smallest absolute Gasteiger partial charge is 0.437 e. The second kappa shape index (κ2) is 10.0. The van der Waals surface area contributed by atoms with Crippen LogP contribution in [0.25, 0.3) is 16.5 Å². The quantitative estimate of drug-likeness (QED) is 0.479. The number of aliphatic hydroxyl groups is 1. The first-order valence-electron chi connectivity index (χ1n) is 12.4. The van der Waals surface area contributed by atoms with E-state index in [1.54, 1.807) is 24.2 Å². The molecule has 196 valence electrons. The minimum atomic E-state index is -4.57. The Hall–Kier alpha value is -3.60. The van der Waals surface area contributed by atoms with Gasteiger partial charge >= 0.3 is 6.18 Å². The lowest BCUT2D eigenvalue weighted by atomic mass is 9.93. The Balaban J connectivity index is 1.40. The SMILES string of the molecule is CCNc1cc2c(cn1)c(C1=CC(O)N(C)C=C1)nn2[C@H]1CC[C@@H](Oc2cccnc2C(F)(F)F)CC1. The number of hydrogen-bond acceptors (Lipinski definition) is 7. The van der Waals surface area contributed by atoms with E-state index in [4.69, 9.17) is 9.84 Å². The van der Waals surface area contributed by atoms with E-state index in [1.807, 2.05) is 29.9 Å².